The number of carbonyl (C=O) groups is 1. The lowest BCUT2D eigenvalue weighted by Gasteiger charge is -2.30. The van der Waals surface area contributed by atoms with Gasteiger partial charge >= 0.3 is 0 Å². The zero-order chi connectivity index (χ0) is 17.8. The lowest BCUT2D eigenvalue weighted by Crippen LogP contribution is -2.37. The molecule has 1 N–H and O–H groups in total. The third-order valence-corrected chi connectivity index (χ3v) is 4.83. The fourth-order valence-electron chi connectivity index (χ4n) is 3.31. The Morgan fingerprint density at radius 2 is 2.16 bits per heavy atom. The summed E-state index contributed by atoms with van der Waals surface area (Å²) in [5.41, 5.74) is 1.60. The van der Waals surface area contributed by atoms with E-state index >= 15 is 0 Å². The molecule has 1 aromatic heterocycles. The summed E-state index contributed by atoms with van der Waals surface area (Å²) in [6.07, 6.45) is 5.50. The maximum absolute atomic E-state index is 12.8. The first-order valence-electron chi connectivity index (χ1n) is 8.60. The third-order valence-electron chi connectivity index (χ3n) is 4.83. The van der Waals surface area contributed by atoms with Crippen LogP contribution in [-0.4, -0.2) is 35.8 Å². The Labute approximate surface area is 148 Å². The van der Waals surface area contributed by atoms with Crippen LogP contribution in [-0.2, 0) is 11.8 Å². The number of aromatic nitrogens is 2. The maximum atomic E-state index is 12.8. The van der Waals surface area contributed by atoms with Gasteiger partial charge in [-0.05, 0) is 43.4 Å². The molecule has 0 unspecified atom stereocenters. The van der Waals surface area contributed by atoms with Crippen LogP contribution in [0.25, 0.3) is 0 Å². The molecule has 1 aromatic carbocycles. The monoisotopic (exact) mass is 343 g/mol. The summed E-state index contributed by atoms with van der Waals surface area (Å²) in [6.45, 7) is 3.40. The van der Waals surface area contributed by atoms with Gasteiger partial charge < -0.3 is 19.4 Å². The van der Waals surface area contributed by atoms with Gasteiger partial charge in [0.05, 0.1) is 13.2 Å². The lowest BCUT2D eigenvalue weighted by molar-refractivity contribution is 0.0499. The molecule has 0 spiro atoms. The second-order valence-electron chi connectivity index (χ2n) is 6.48. The number of hydrogen-bond acceptors (Lipinski definition) is 4. The molecular weight excluding hydrogens is 318 g/mol. The number of nitrogens with zero attached hydrogens (tertiary/aromatic N) is 2. The van der Waals surface area contributed by atoms with E-state index in [0.717, 1.165) is 37.4 Å². The summed E-state index contributed by atoms with van der Waals surface area (Å²) >= 11 is 0. The number of carbonyl (C=O) groups excluding carboxylic acids is 1. The molecule has 3 rings (SSSR count). The van der Waals surface area contributed by atoms with Crippen molar-refractivity contribution >= 4 is 5.91 Å². The van der Waals surface area contributed by atoms with E-state index in [2.05, 4.69) is 10.3 Å². The zero-order valence-corrected chi connectivity index (χ0v) is 15.0. The molecule has 1 aliphatic rings. The van der Waals surface area contributed by atoms with Crippen molar-refractivity contribution in [2.24, 2.45) is 13.0 Å². The van der Waals surface area contributed by atoms with Crippen molar-refractivity contribution in [1.82, 2.24) is 14.9 Å². The first kappa shape index (κ1) is 17.5. The van der Waals surface area contributed by atoms with E-state index < -0.39 is 0 Å². The Morgan fingerprint density at radius 3 is 2.80 bits per heavy atom. The quantitative estimate of drug-likeness (QED) is 0.906. The second-order valence-corrected chi connectivity index (χ2v) is 6.48. The number of methoxy groups -OCH3 is 1. The molecule has 2 aromatic rings. The molecular formula is C19H25N3O3. The third kappa shape index (κ3) is 3.85. The van der Waals surface area contributed by atoms with Crippen molar-refractivity contribution in [3.63, 3.8) is 0 Å². The molecule has 0 bridgehead atoms. The minimum Gasteiger partial charge on any atom is -0.496 e. The summed E-state index contributed by atoms with van der Waals surface area (Å²) < 4.78 is 12.8. The van der Waals surface area contributed by atoms with E-state index in [0.29, 0.717) is 17.2 Å². The number of hydrogen-bond donors (Lipinski definition) is 1. The van der Waals surface area contributed by atoms with E-state index in [1.807, 2.05) is 36.9 Å². The van der Waals surface area contributed by atoms with Gasteiger partial charge in [0.15, 0.2) is 0 Å². The number of benzene rings is 1. The van der Waals surface area contributed by atoms with E-state index in [9.17, 15) is 4.79 Å². The molecule has 0 radical (unpaired) electrons. The summed E-state index contributed by atoms with van der Waals surface area (Å²) in [4.78, 5) is 17.3. The Morgan fingerprint density at radius 1 is 1.40 bits per heavy atom. The van der Waals surface area contributed by atoms with Gasteiger partial charge in [0.25, 0.3) is 5.91 Å². The van der Waals surface area contributed by atoms with Gasteiger partial charge in [-0.3, -0.25) is 4.79 Å². The van der Waals surface area contributed by atoms with Crippen LogP contribution in [0.4, 0.5) is 0 Å². The number of ether oxygens (including phenoxy) is 2. The number of aryl methyl sites for hydroxylation is 2. The molecule has 1 atom stereocenters. The van der Waals surface area contributed by atoms with Crippen LogP contribution >= 0.6 is 0 Å². The highest BCUT2D eigenvalue weighted by atomic mass is 16.5. The average molecular weight is 343 g/mol. The minimum absolute atomic E-state index is 0.113. The van der Waals surface area contributed by atoms with Crippen LogP contribution in [0.2, 0.25) is 0 Å². The molecule has 25 heavy (non-hydrogen) atoms. The first-order valence-corrected chi connectivity index (χ1v) is 8.60. The Bertz CT molecular complexity index is 735. The zero-order valence-electron chi connectivity index (χ0n) is 15.0. The van der Waals surface area contributed by atoms with Crippen molar-refractivity contribution in [2.45, 2.75) is 25.8 Å². The highest BCUT2D eigenvalue weighted by molar-refractivity contribution is 5.95. The molecule has 0 aliphatic carbocycles. The predicted octanol–water partition coefficient (Wildman–Crippen LogP) is 2.63. The number of amides is 1. The van der Waals surface area contributed by atoms with Crippen LogP contribution < -0.4 is 10.1 Å². The molecule has 1 fully saturated rings. The average Bonchev–Trinajstić information content (AvgIpc) is 3.06. The highest BCUT2D eigenvalue weighted by Crippen LogP contribution is 2.29. The fourth-order valence-corrected chi connectivity index (χ4v) is 3.31. The second kappa shape index (κ2) is 7.70. The Hall–Kier alpha value is -2.34. The molecule has 134 valence electrons. The predicted molar refractivity (Wildman–Crippen MR) is 94.7 cm³/mol. The van der Waals surface area contributed by atoms with Crippen LogP contribution in [0.3, 0.4) is 0 Å². The topological polar surface area (TPSA) is 65.4 Å². The van der Waals surface area contributed by atoms with Crippen LogP contribution in [0, 0.1) is 12.8 Å². The van der Waals surface area contributed by atoms with Crippen molar-refractivity contribution < 1.29 is 14.3 Å². The van der Waals surface area contributed by atoms with Crippen LogP contribution in [0.1, 0.15) is 40.6 Å². The molecule has 6 heteroatoms. The summed E-state index contributed by atoms with van der Waals surface area (Å²) in [7, 11) is 3.57. The number of rotatable bonds is 5. The summed E-state index contributed by atoms with van der Waals surface area (Å²) in [5.74, 6) is 1.79. The minimum atomic E-state index is -0.135. The molecule has 6 nitrogen and oxygen atoms in total. The maximum Gasteiger partial charge on any atom is 0.252 e. The van der Waals surface area contributed by atoms with Crippen LogP contribution in [0.15, 0.2) is 30.6 Å². The van der Waals surface area contributed by atoms with E-state index in [-0.39, 0.29) is 11.9 Å². The largest absolute Gasteiger partial charge is 0.496 e. The van der Waals surface area contributed by atoms with Gasteiger partial charge in [-0.25, -0.2) is 4.98 Å². The lowest BCUT2D eigenvalue weighted by atomic mass is 9.90. The summed E-state index contributed by atoms with van der Waals surface area (Å²) in [6, 6.07) is 5.37. The molecule has 1 aliphatic heterocycles. The Kier molecular flexibility index (Phi) is 5.38. The van der Waals surface area contributed by atoms with E-state index in [1.165, 1.54) is 0 Å². The molecule has 0 saturated carbocycles. The van der Waals surface area contributed by atoms with Gasteiger partial charge in [0, 0.05) is 38.2 Å². The van der Waals surface area contributed by atoms with Crippen molar-refractivity contribution in [2.75, 3.05) is 20.3 Å². The van der Waals surface area contributed by atoms with Crippen molar-refractivity contribution in [3.05, 3.63) is 47.5 Å². The molecule has 2 heterocycles. The normalized spacial score (nSPS) is 16.4. The number of nitrogens with one attached hydrogen (secondary N) is 1. The smallest absolute Gasteiger partial charge is 0.252 e. The van der Waals surface area contributed by atoms with Gasteiger partial charge in [-0.2, -0.15) is 0 Å². The standard InChI is InChI=1S/C19H25N3O3/c1-13-4-5-15(12-16(13)24-3)19(23)21-17(14-6-10-25-11-7-14)18-20-8-9-22(18)2/h4-5,8-9,12,14,17H,6-7,10-11H2,1-3H3,(H,21,23)/t17-/m1/s1. The number of imidazole rings is 1. The first-order chi connectivity index (χ1) is 12.1. The van der Waals surface area contributed by atoms with Gasteiger partial charge in [-0.15, -0.1) is 0 Å². The fraction of sp³-hybridized carbons (Fsp3) is 0.474. The van der Waals surface area contributed by atoms with E-state index in [1.54, 1.807) is 19.4 Å². The van der Waals surface area contributed by atoms with Crippen molar-refractivity contribution in [3.8, 4) is 5.75 Å². The van der Waals surface area contributed by atoms with E-state index in [4.69, 9.17) is 9.47 Å². The molecule has 1 saturated heterocycles. The van der Waals surface area contributed by atoms with Gasteiger partial charge in [0.1, 0.15) is 11.6 Å². The Balaban J connectivity index is 1.84. The van der Waals surface area contributed by atoms with Gasteiger partial charge in [-0.1, -0.05) is 6.07 Å². The van der Waals surface area contributed by atoms with Gasteiger partial charge in [0.2, 0.25) is 0 Å². The summed E-state index contributed by atoms with van der Waals surface area (Å²) in [5, 5.41) is 3.18. The molecule has 1 amide bonds. The SMILES string of the molecule is COc1cc(C(=O)N[C@@H](c2nccn2C)C2CCOCC2)ccc1C. The highest BCUT2D eigenvalue weighted by Gasteiger charge is 2.30. The van der Waals surface area contributed by atoms with Crippen LogP contribution in [0.5, 0.6) is 5.75 Å². The van der Waals surface area contributed by atoms with Crippen molar-refractivity contribution in [1.29, 1.82) is 0 Å².